The van der Waals surface area contributed by atoms with Gasteiger partial charge in [0.05, 0.1) is 19.9 Å². The molecule has 5 heteroatoms. The molecular weight excluding hydrogens is 333 g/mol. The van der Waals surface area contributed by atoms with Crippen molar-refractivity contribution in [3.05, 3.63) is 59.2 Å². The summed E-state index contributed by atoms with van der Waals surface area (Å²) < 4.78 is 9.57. The number of alkyl halides is 2. The fourth-order valence-electron chi connectivity index (χ4n) is 2.77. The van der Waals surface area contributed by atoms with E-state index in [1.165, 1.54) is 0 Å². The topological polar surface area (TPSA) is 30.8 Å². The van der Waals surface area contributed by atoms with Crippen LogP contribution in [0.15, 0.2) is 47.5 Å². The second-order valence-electron chi connectivity index (χ2n) is 5.29. The third-order valence-corrected chi connectivity index (χ3v) is 4.74. The van der Waals surface area contributed by atoms with Crippen molar-refractivity contribution in [3.63, 3.8) is 0 Å². The van der Waals surface area contributed by atoms with Crippen LogP contribution in [-0.2, 0) is 10.8 Å². The first-order valence-electron chi connectivity index (χ1n) is 7.31. The highest BCUT2D eigenvalue weighted by Gasteiger charge is 2.36. The van der Waals surface area contributed by atoms with E-state index in [0.29, 0.717) is 23.8 Å². The van der Waals surface area contributed by atoms with Gasteiger partial charge in [-0.15, -0.1) is 0 Å². The molecule has 0 bridgehead atoms. The van der Waals surface area contributed by atoms with Crippen molar-refractivity contribution < 1.29 is 9.47 Å². The van der Waals surface area contributed by atoms with Crippen molar-refractivity contribution in [1.82, 2.24) is 0 Å². The summed E-state index contributed by atoms with van der Waals surface area (Å²) in [6, 6.07) is 13.4. The Kier molecular flexibility index (Phi) is 4.51. The Bertz CT molecular complexity index is 742. The number of halogens is 2. The molecule has 0 saturated carbocycles. The van der Waals surface area contributed by atoms with E-state index in [4.69, 9.17) is 32.7 Å². The van der Waals surface area contributed by atoms with Gasteiger partial charge in [0.15, 0.2) is 15.8 Å². The molecule has 1 aliphatic rings. The van der Waals surface area contributed by atoms with Crippen molar-refractivity contribution in [2.75, 3.05) is 20.8 Å². The molecule has 3 nitrogen and oxygen atoms in total. The van der Waals surface area contributed by atoms with Gasteiger partial charge >= 0.3 is 0 Å². The van der Waals surface area contributed by atoms with Crippen molar-refractivity contribution in [2.45, 2.75) is 10.8 Å². The quantitative estimate of drug-likeness (QED) is 0.767. The number of hydrogen-bond acceptors (Lipinski definition) is 3. The van der Waals surface area contributed by atoms with E-state index in [9.17, 15) is 0 Å². The Hall–Kier alpha value is -1.71. The van der Waals surface area contributed by atoms with Crippen LogP contribution in [0.2, 0.25) is 0 Å². The Balaban J connectivity index is 2.12. The average molecular weight is 350 g/mol. The van der Waals surface area contributed by atoms with Crippen LogP contribution in [0.4, 0.5) is 0 Å². The van der Waals surface area contributed by atoms with Crippen LogP contribution in [0.3, 0.4) is 0 Å². The SMILES string of the molecule is COc1cc2c(cc1OC)C(C(Cl)(Cl)c1ccccc1)=NCC2. The molecule has 1 heterocycles. The molecule has 0 unspecified atom stereocenters. The maximum absolute atomic E-state index is 6.70. The molecule has 0 fully saturated rings. The molecule has 2 aromatic rings. The number of methoxy groups -OCH3 is 2. The van der Waals surface area contributed by atoms with E-state index in [1.807, 2.05) is 42.5 Å². The summed E-state index contributed by atoms with van der Waals surface area (Å²) in [6.07, 6.45) is 0.817. The number of rotatable bonds is 4. The lowest BCUT2D eigenvalue weighted by Crippen LogP contribution is -2.29. The number of nitrogens with zero attached hydrogens (tertiary/aromatic N) is 1. The molecule has 0 radical (unpaired) electrons. The molecule has 0 amide bonds. The lowest BCUT2D eigenvalue weighted by molar-refractivity contribution is 0.354. The molecule has 0 aliphatic carbocycles. The molecule has 3 rings (SSSR count). The number of ether oxygens (including phenoxy) is 2. The molecule has 23 heavy (non-hydrogen) atoms. The Morgan fingerprint density at radius 1 is 1.00 bits per heavy atom. The lowest BCUT2D eigenvalue weighted by atomic mass is 9.92. The minimum absolute atomic E-state index is 0.637. The third kappa shape index (κ3) is 2.91. The zero-order chi connectivity index (χ0) is 16.4. The largest absolute Gasteiger partial charge is 0.493 e. The Morgan fingerprint density at radius 3 is 2.30 bits per heavy atom. The summed E-state index contributed by atoms with van der Waals surface area (Å²) in [5, 5.41) is 0. The monoisotopic (exact) mass is 349 g/mol. The van der Waals surface area contributed by atoms with Gasteiger partial charge in [0.25, 0.3) is 0 Å². The number of aliphatic imine (C=N–C) groups is 1. The van der Waals surface area contributed by atoms with Crippen molar-refractivity contribution in [2.24, 2.45) is 4.99 Å². The first kappa shape index (κ1) is 16.2. The van der Waals surface area contributed by atoms with E-state index in [2.05, 4.69) is 4.99 Å². The summed E-state index contributed by atoms with van der Waals surface area (Å²) in [7, 11) is 3.23. The van der Waals surface area contributed by atoms with Crippen LogP contribution < -0.4 is 9.47 Å². The fraction of sp³-hybridized carbons (Fsp3) is 0.278. The van der Waals surface area contributed by atoms with Gasteiger partial charge in [0, 0.05) is 12.1 Å². The third-order valence-electron chi connectivity index (χ3n) is 3.95. The zero-order valence-corrected chi connectivity index (χ0v) is 14.5. The van der Waals surface area contributed by atoms with E-state index in [-0.39, 0.29) is 0 Å². The Morgan fingerprint density at radius 2 is 1.65 bits per heavy atom. The van der Waals surface area contributed by atoms with Crippen LogP contribution in [0.25, 0.3) is 0 Å². The van der Waals surface area contributed by atoms with Crippen molar-refractivity contribution in [3.8, 4) is 11.5 Å². The normalized spacial score (nSPS) is 14.0. The van der Waals surface area contributed by atoms with Gasteiger partial charge in [-0.1, -0.05) is 53.5 Å². The maximum Gasteiger partial charge on any atom is 0.184 e. The fourth-order valence-corrected chi connectivity index (χ4v) is 3.35. The van der Waals surface area contributed by atoms with Gasteiger partial charge in [-0.05, 0) is 29.7 Å². The van der Waals surface area contributed by atoms with Crippen molar-refractivity contribution in [1.29, 1.82) is 0 Å². The highest BCUT2D eigenvalue weighted by molar-refractivity contribution is 6.60. The number of fused-ring (bicyclic) bond motifs is 1. The predicted octanol–water partition coefficient (Wildman–Crippen LogP) is 4.38. The van der Waals surface area contributed by atoms with E-state index >= 15 is 0 Å². The highest BCUT2D eigenvalue weighted by atomic mass is 35.5. The van der Waals surface area contributed by atoms with Gasteiger partial charge in [-0.2, -0.15) is 0 Å². The number of hydrogen-bond donors (Lipinski definition) is 0. The second kappa shape index (κ2) is 6.42. The number of benzene rings is 2. The summed E-state index contributed by atoms with van der Waals surface area (Å²) >= 11 is 13.4. The lowest BCUT2D eigenvalue weighted by Gasteiger charge is -2.28. The smallest absolute Gasteiger partial charge is 0.184 e. The molecular formula is C18H17Cl2NO2. The average Bonchev–Trinajstić information content (AvgIpc) is 2.60. The molecule has 2 aromatic carbocycles. The summed E-state index contributed by atoms with van der Waals surface area (Å²) in [4.78, 5) is 4.61. The molecule has 0 saturated heterocycles. The van der Waals surface area contributed by atoms with E-state index < -0.39 is 4.33 Å². The van der Waals surface area contributed by atoms with Gasteiger partial charge in [-0.25, -0.2) is 0 Å². The minimum atomic E-state index is -1.21. The second-order valence-corrected chi connectivity index (χ2v) is 6.61. The van der Waals surface area contributed by atoms with Crippen LogP contribution in [-0.4, -0.2) is 26.5 Å². The maximum atomic E-state index is 6.70. The first-order valence-corrected chi connectivity index (χ1v) is 8.07. The predicted molar refractivity (Wildman–Crippen MR) is 94.5 cm³/mol. The van der Waals surface area contributed by atoms with Gasteiger partial charge in [-0.3, -0.25) is 4.99 Å². The molecule has 120 valence electrons. The molecule has 1 aliphatic heterocycles. The standard InChI is InChI=1S/C18H17Cl2NO2/c1-22-15-10-12-8-9-21-17(14(12)11-16(15)23-2)18(19,20)13-6-4-3-5-7-13/h3-7,10-11H,8-9H2,1-2H3. The zero-order valence-electron chi connectivity index (χ0n) is 13.0. The Labute approximate surface area is 145 Å². The van der Waals surface area contributed by atoms with Crippen LogP contribution in [0.5, 0.6) is 11.5 Å². The van der Waals surface area contributed by atoms with Crippen LogP contribution in [0, 0.1) is 0 Å². The van der Waals surface area contributed by atoms with Gasteiger partial charge in [0.2, 0.25) is 0 Å². The summed E-state index contributed by atoms with van der Waals surface area (Å²) in [5.41, 5.74) is 3.45. The van der Waals surface area contributed by atoms with Gasteiger partial charge in [0.1, 0.15) is 0 Å². The van der Waals surface area contributed by atoms with E-state index in [0.717, 1.165) is 23.1 Å². The molecule has 0 aromatic heterocycles. The van der Waals surface area contributed by atoms with Crippen molar-refractivity contribution >= 4 is 28.9 Å². The minimum Gasteiger partial charge on any atom is -0.493 e. The highest BCUT2D eigenvalue weighted by Crippen LogP contribution is 2.42. The molecule has 0 atom stereocenters. The van der Waals surface area contributed by atoms with Crippen LogP contribution >= 0.6 is 23.2 Å². The molecule has 0 N–H and O–H groups in total. The summed E-state index contributed by atoms with van der Waals surface area (Å²) in [6.45, 7) is 0.645. The van der Waals surface area contributed by atoms with Crippen LogP contribution in [0.1, 0.15) is 16.7 Å². The first-order chi connectivity index (χ1) is 11.1. The molecule has 0 spiro atoms. The van der Waals surface area contributed by atoms with E-state index in [1.54, 1.807) is 14.2 Å². The van der Waals surface area contributed by atoms with Gasteiger partial charge < -0.3 is 9.47 Å². The summed E-state index contributed by atoms with van der Waals surface area (Å²) in [5.74, 6) is 1.33.